The summed E-state index contributed by atoms with van der Waals surface area (Å²) in [5, 5.41) is 1.11. The zero-order chi connectivity index (χ0) is 9.97. The number of para-hydroxylation sites is 1. The Morgan fingerprint density at radius 2 is 2.21 bits per heavy atom. The fourth-order valence-corrected chi connectivity index (χ4v) is 2.62. The van der Waals surface area contributed by atoms with Gasteiger partial charge < -0.3 is 4.90 Å². The van der Waals surface area contributed by atoms with Crippen LogP contribution in [0.25, 0.3) is 0 Å². The number of rotatable bonds is 1. The number of amidine groups is 1. The highest BCUT2D eigenvalue weighted by molar-refractivity contribution is 9.10. The maximum atomic E-state index is 4.44. The number of anilines is 1. The molecule has 0 aliphatic carbocycles. The Hall–Kier alpha value is -0.480. The maximum absolute atomic E-state index is 4.44. The van der Waals surface area contributed by atoms with Crippen molar-refractivity contribution in [3.63, 3.8) is 0 Å². The molecule has 1 aromatic carbocycles. The molecule has 1 aliphatic rings. The van der Waals surface area contributed by atoms with Gasteiger partial charge in [0.15, 0.2) is 5.17 Å². The lowest BCUT2D eigenvalue weighted by molar-refractivity contribution is 1.02. The standard InChI is InChI=1S/C10H11BrN2S/c1-14-10-12-6-7-13(10)9-5-3-2-4-8(9)11/h2-5H,6-7H2,1H3. The van der Waals surface area contributed by atoms with Crippen LogP contribution < -0.4 is 4.90 Å². The van der Waals surface area contributed by atoms with E-state index in [1.54, 1.807) is 11.8 Å². The van der Waals surface area contributed by atoms with Gasteiger partial charge in [-0.25, -0.2) is 0 Å². The third-order valence-corrected chi connectivity index (χ3v) is 3.51. The van der Waals surface area contributed by atoms with E-state index in [4.69, 9.17) is 0 Å². The molecule has 0 amide bonds. The van der Waals surface area contributed by atoms with Crippen LogP contribution in [0.4, 0.5) is 5.69 Å². The average molecular weight is 271 g/mol. The van der Waals surface area contributed by atoms with Crippen LogP contribution in [0.15, 0.2) is 33.7 Å². The molecule has 0 atom stereocenters. The van der Waals surface area contributed by atoms with Gasteiger partial charge in [-0.05, 0) is 34.3 Å². The van der Waals surface area contributed by atoms with Crippen LogP contribution in [-0.2, 0) is 0 Å². The number of hydrogen-bond donors (Lipinski definition) is 0. The molecule has 0 aromatic heterocycles. The third kappa shape index (κ3) is 1.81. The summed E-state index contributed by atoms with van der Waals surface area (Å²) in [7, 11) is 0. The Bertz CT molecular complexity index is 365. The molecule has 2 rings (SSSR count). The molecule has 0 N–H and O–H groups in total. The zero-order valence-corrected chi connectivity index (χ0v) is 10.3. The maximum Gasteiger partial charge on any atom is 0.163 e. The van der Waals surface area contributed by atoms with Crippen LogP contribution in [-0.4, -0.2) is 24.5 Å². The second kappa shape index (κ2) is 4.36. The molecule has 0 radical (unpaired) electrons. The first-order valence-corrected chi connectivity index (χ1v) is 6.45. The Labute approximate surface area is 96.5 Å². The first-order valence-electron chi connectivity index (χ1n) is 4.43. The molecular formula is C10H11BrN2S. The molecule has 74 valence electrons. The molecule has 0 saturated heterocycles. The number of nitrogens with zero attached hydrogens (tertiary/aromatic N) is 2. The Kier molecular flexibility index (Phi) is 3.13. The van der Waals surface area contributed by atoms with Gasteiger partial charge >= 0.3 is 0 Å². The molecule has 1 heterocycles. The van der Waals surface area contributed by atoms with Crippen LogP contribution >= 0.6 is 27.7 Å². The van der Waals surface area contributed by atoms with Crippen molar-refractivity contribution in [1.29, 1.82) is 0 Å². The van der Waals surface area contributed by atoms with E-state index in [1.807, 2.05) is 6.07 Å². The first kappa shape index (κ1) is 10.1. The van der Waals surface area contributed by atoms with E-state index >= 15 is 0 Å². The topological polar surface area (TPSA) is 15.6 Å². The highest BCUT2D eigenvalue weighted by Crippen LogP contribution is 2.29. The summed E-state index contributed by atoms with van der Waals surface area (Å²) < 4.78 is 1.13. The fraction of sp³-hybridized carbons (Fsp3) is 0.300. The van der Waals surface area contributed by atoms with Crippen molar-refractivity contribution >= 4 is 38.5 Å². The molecule has 0 fully saturated rings. The average Bonchev–Trinajstić information content (AvgIpc) is 2.66. The molecule has 0 bridgehead atoms. The third-order valence-electron chi connectivity index (χ3n) is 2.13. The van der Waals surface area contributed by atoms with E-state index in [0.717, 1.165) is 22.7 Å². The van der Waals surface area contributed by atoms with Gasteiger partial charge in [0, 0.05) is 11.0 Å². The van der Waals surface area contributed by atoms with E-state index < -0.39 is 0 Å². The molecule has 1 aliphatic heterocycles. The highest BCUT2D eigenvalue weighted by Gasteiger charge is 2.18. The van der Waals surface area contributed by atoms with E-state index in [1.165, 1.54) is 5.69 Å². The van der Waals surface area contributed by atoms with Crippen LogP contribution in [0.2, 0.25) is 0 Å². The normalized spacial score (nSPS) is 15.9. The smallest absolute Gasteiger partial charge is 0.163 e. The summed E-state index contributed by atoms with van der Waals surface area (Å²) in [6.45, 7) is 1.89. The summed E-state index contributed by atoms with van der Waals surface area (Å²) in [4.78, 5) is 6.68. The van der Waals surface area contributed by atoms with E-state index in [0.29, 0.717) is 0 Å². The van der Waals surface area contributed by atoms with Gasteiger partial charge in [0.25, 0.3) is 0 Å². The molecule has 1 aromatic rings. The van der Waals surface area contributed by atoms with Crippen molar-refractivity contribution in [3.05, 3.63) is 28.7 Å². The summed E-state index contributed by atoms with van der Waals surface area (Å²) in [5.41, 5.74) is 1.21. The Balaban J connectivity index is 2.32. The summed E-state index contributed by atoms with van der Waals surface area (Å²) in [5.74, 6) is 0. The SMILES string of the molecule is CSC1=NCCN1c1ccccc1Br. The molecule has 4 heteroatoms. The van der Waals surface area contributed by atoms with Crippen molar-refractivity contribution in [1.82, 2.24) is 0 Å². The summed E-state index contributed by atoms with van der Waals surface area (Å²) in [6.07, 6.45) is 2.06. The minimum atomic E-state index is 0.900. The molecule has 14 heavy (non-hydrogen) atoms. The van der Waals surface area contributed by atoms with Gasteiger partial charge in [-0.2, -0.15) is 0 Å². The molecule has 0 saturated carbocycles. The Morgan fingerprint density at radius 3 is 2.93 bits per heavy atom. The fourth-order valence-electron chi connectivity index (χ4n) is 1.50. The van der Waals surface area contributed by atoms with Crippen LogP contribution in [0, 0.1) is 0 Å². The second-order valence-corrected chi connectivity index (χ2v) is 4.60. The van der Waals surface area contributed by atoms with Gasteiger partial charge in [-0.3, -0.25) is 4.99 Å². The van der Waals surface area contributed by atoms with Gasteiger partial charge in [-0.1, -0.05) is 23.9 Å². The minimum absolute atomic E-state index is 0.900. The van der Waals surface area contributed by atoms with Crippen molar-refractivity contribution < 1.29 is 0 Å². The lowest BCUT2D eigenvalue weighted by Gasteiger charge is -2.20. The van der Waals surface area contributed by atoms with E-state index in [9.17, 15) is 0 Å². The van der Waals surface area contributed by atoms with E-state index in [-0.39, 0.29) is 0 Å². The Morgan fingerprint density at radius 1 is 1.43 bits per heavy atom. The van der Waals surface area contributed by atoms with E-state index in [2.05, 4.69) is 50.3 Å². The summed E-state index contributed by atoms with van der Waals surface area (Å²) in [6, 6.07) is 8.25. The number of thioether (sulfide) groups is 1. The lowest BCUT2D eigenvalue weighted by atomic mass is 10.3. The van der Waals surface area contributed by atoms with Crippen molar-refractivity contribution in [2.75, 3.05) is 24.2 Å². The van der Waals surface area contributed by atoms with Gasteiger partial charge in [-0.15, -0.1) is 0 Å². The quantitative estimate of drug-likeness (QED) is 0.780. The van der Waals surface area contributed by atoms with Crippen LogP contribution in [0.5, 0.6) is 0 Å². The van der Waals surface area contributed by atoms with Crippen molar-refractivity contribution in [3.8, 4) is 0 Å². The number of halogens is 1. The van der Waals surface area contributed by atoms with Crippen molar-refractivity contribution in [2.45, 2.75) is 0 Å². The molecule has 2 nitrogen and oxygen atoms in total. The lowest BCUT2D eigenvalue weighted by Crippen LogP contribution is -2.25. The number of benzene rings is 1. The van der Waals surface area contributed by atoms with Crippen LogP contribution in [0.3, 0.4) is 0 Å². The predicted octanol–water partition coefficient (Wildman–Crippen LogP) is 2.99. The van der Waals surface area contributed by atoms with Gasteiger partial charge in [0.05, 0.1) is 12.2 Å². The second-order valence-electron chi connectivity index (χ2n) is 2.97. The summed E-state index contributed by atoms with van der Waals surface area (Å²) >= 11 is 5.26. The van der Waals surface area contributed by atoms with Crippen LogP contribution in [0.1, 0.15) is 0 Å². The molecule has 0 unspecified atom stereocenters. The molecule has 0 spiro atoms. The molecular weight excluding hydrogens is 260 g/mol. The number of hydrogen-bond acceptors (Lipinski definition) is 3. The zero-order valence-electron chi connectivity index (χ0n) is 7.90. The predicted molar refractivity (Wildman–Crippen MR) is 67.3 cm³/mol. The van der Waals surface area contributed by atoms with Crippen molar-refractivity contribution in [2.24, 2.45) is 4.99 Å². The minimum Gasteiger partial charge on any atom is -0.318 e. The monoisotopic (exact) mass is 270 g/mol. The van der Waals surface area contributed by atoms with Gasteiger partial charge in [0.1, 0.15) is 0 Å². The highest BCUT2D eigenvalue weighted by atomic mass is 79.9. The largest absolute Gasteiger partial charge is 0.318 e. The van der Waals surface area contributed by atoms with Gasteiger partial charge in [0.2, 0.25) is 0 Å². The first-order chi connectivity index (χ1) is 6.83. The number of aliphatic imine (C=N–C) groups is 1.